The number of rotatable bonds is 3. The zero-order chi connectivity index (χ0) is 13.1. The minimum absolute atomic E-state index is 0.505. The van der Waals surface area contributed by atoms with Crippen molar-refractivity contribution in [3.63, 3.8) is 0 Å². The summed E-state index contributed by atoms with van der Waals surface area (Å²) in [5, 5.41) is 8.75. The molecule has 1 aromatic rings. The van der Waals surface area contributed by atoms with E-state index in [1.165, 1.54) is 16.8 Å². The third-order valence-corrected chi connectivity index (χ3v) is 3.68. The first-order valence-electron chi connectivity index (χ1n) is 6.50. The van der Waals surface area contributed by atoms with E-state index in [2.05, 4.69) is 47.9 Å². The van der Waals surface area contributed by atoms with Gasteiger partial charge in [-0.05, 0) is 50.6 Å². The Hall–Kier alpha value is -1.53. The molecule has 96 valence electrons. The highest BCUT2D eigenvalue weighted by Gasteiger charge is 2.25. The summed E-state index contributed by atoms with van der Waals surface area (Å²) in [6.07, 6.45) is 1.14. The van der Waals surface area contributed by atoms with Gasteiger partial charge in [0.25, 0.3) is 0 Å². The second-order valence-electron chi connectivity index (χ2n) is 5.31. The third kappa shape index (κ3) is 2.83. The Morgan fingerprint density at radius 2 is 2.00 bits per heavy atom. The molecule has 18 heavy (non-hydrogen) atoms. The Morgan fingerprint density at radius 3 is 2.61 bits per heavy atom. The largest absolute Gasteiger partial charge is 0.370 e. The zero-order valence-electron chi connectivity index (χ0n) is 11.5. The quantitative estimate of drug-likeness (QED) is 0.763. The topological polar surface area (TPSA) is 30.3 Å². The van der Waals surface area contributed by atoms with Gasteiger partial charge in [-0.2, -0.15) is 5.26 Å². The molecule has 0 radical (unpaired) electrons. The van der Waals surface area contributed by atoms with E-state index in [4.69, 9.17) is 5.26 Å². The molecule has 1 heterocycles. The van der Waals surface area contributed by atoms with Gasteiger partial charge in [0, 0.05) is 24.8 Å². The summed E-state index contributed by atoms with van der Waals surface area (Å²) in [6.45, 7) is 6.92. The first-order chi connectivity index (χ1) is 8.60. The summed E-state index contributed by atoms with van der Waals surface area (Å²) in [4.78, 5) is 4.58. The standard InChI is InChI=1S/C15H21N3/c1-12-8-13(2)10-15(9-12)18-6-4-14(11-18)17(3)7-5-16/h8-10,14H,4,6-7,11H2,1-3H3. The van der Waals surface area contributed by atoms with Crippen LogP contribution in [-0.4, -0.2) is 37.6 Å². The van der Waals surface area contributed by atoms with E-state index in [0.29, 0.717) is 12.6 Å². The lowest BCUT2D eigenvalue weighted by molar-refractivity contribution is 0.289. The highest BCUT2D eigenvalue weighted by Crippen LogP contribution is 2.24. The lowest BCUT2D eigenvalue weighted by Crippen LogP contribution is -2.34. The third-order valence-electron chi connectivity index (χ3n) is 3.68. The highest BCUT2D eigenvalue weighted by atomic mass is 15.2. The monoisotopic (exact) mass is 243 g/mol. The maximum Gasteiger partial charge on any atom is 0.0866 e. The summed E-state index contributed by atoms with van der Waals surface area (Å²) in [5.74, 6) is 0. The average Bonchev–Trinajstić information content (AvgIpc) is 2.77. The first kappa shape index (κ1) is 12.9. The van der Waals surface area contributed by atoms with Gasteiger partial charge in [-0.3, -0.25) is 4.90 Å². The number of anilines is 1. The van der Waals surface area contributed by atoms with Crippen LogP contribution in [0.2, 0.25) is 0 Å². The predicted molar refractivity (Wildman–Crippen MR) is 74.8 cm³/mol. The minimum Gasteiger partial charge on any atom is -0.370 e. The second-order valence-corrected chi connectivity index (χ2v) is 5.31. The summed E-state index contributed by atoms with van der Waals surface area (Å²) < 4.78 is 0. The molecule has 1 unspecified atom stereocenters. The van der Waals surface area contributed by atoms with E-state index < -0.39 is 0 Å². The van der Waals surface area contributed by atoms with Crippen LogP contribution in [0.15, 0.2) is 18.2 Å². The summed E-state index contributed by atoms with van der Waals surface area (Å²) in [7, 11) is 2.04. The lowest BCUT2D eigenvalue weighted by Gasteiger charge is -2.23. The van der Waals surface area contributed by atoms with Gasteiger partial charge in [0.2, 0.25) is 0 Å². The fraction of sp³-hybridized carbons (Fsp3) is 0.533. The normalized spacial score (nSPS) is 19.3. The van der Waals surface area contributed by atoms with E-state index in [9.17, 15) is 0 Å². The van der Waals surface area contributed by atoms with Crippen LogP contribution in [0.25, 0.3) is 0 Å². The molecule has 3 heteroatoms. The van der Waals surface area contributed by atoms with Gasteiger partial charge in [-0.1, -0.05) is 6.07 Å². The number of likely N-dealkylation sites (N-methyl/N-ethyl adjacent to an activating group) is 1. The molecule has 1 aliphatic heterocycles. The van der Waals surface area contributed by atoms with E-state index in [0.717, 1.165) is 19.5 Å². The molecule has 3 nitrogen and oxygen atoms in total. The van der Waals surface area contributed by atoms with Gasteiger partial charge in [-0.15, -0.1) is 0 Å². The molecule has 1 aliphatic rings. The second kappa shape index (κ2) is 5.41. The molecular formula is C15H21N3. The predicted octanol–water partition coefficient (Wildman–Crippen LogP) is 2.34. The van der Waals surface area contributed by atoms with Gasteiger partial charge < -0.3 is 4.90 Å². The number of nitrogens with zero attached hydrogens (tertiary/aromatic N) is 3. The van der Waals surface area contributed by atoms with Crippen LogP contribution in [0.1, 0.15) is 17.5 Å². The van der Waals surface area contributed by atoms with E-state index in [1.807, 2.05) is 7.05 Å². The number of benzene rings is 1. The van der Waals surface area contributed by atoms with Crippen molar-refractivity contribution in [1.82, 2.24) is 4.90 Å². The summed E-state index contributed by atoms with van der Waals surface area (Å²) in [5.41, 5.74) is 3.96. The van der Waals surface area contributed by atoms with Gasteiger partial charge >= 0.3 is 0 Å². The zero-order valence-corrected chi connectivity index (χ0v) is 11.5. The fourth-order valence-electron chi connectivity index (χ4n) is 2.71. The van der Waals surface area contributed by atoms with Crippen molar-refractivity contribution in [1.29, 1.82) is 5.26 Å². The van der Waals surface area contributed by atoms with Crippen LogP contribution >= 0.6 is 0 Å². The van der Waals surface area contributed by atoms with Crippen LogP contribution in [0.5, 0.6) is 0 Å². The molecule has 1 saturated heterocycles. The van der Waals surface area contributed by atoms with Crippen molar-refractivity contribution in [2.75, 3.05) is 31.6 Å². The van der Waals surface area contributed by atoms with E-state index >= 15 is 0 Å². The van der Waals surface area contributed by atoms with Gasteiger partial charge in [-0.25, -0.2) is 0 Å². The average molecular weight is 243 g/mol. The van der Waals surface area contributed by atoms with Crippen LogP contribution in [0.4, 0.5) is 5.69 Å². The van der Waals surface area contributed by atoms with Crippen molar-refractivity contribution in [3.05, 3.63) is 29.3 Å². The first-order valence-corrected chi connectivity index (χ1v) is 6.50. The minimum atomic E-state index is 0.505. The SMILES string of the molecule is Cc1cc(C)cc(N2CCC(N(C)CC#N)C2)c1. The van der Waals surface area contributed by atoms with Crippen molar-refractivity contribution < 1.29 is 0 Å². The molecule has 0 bridgehead atoms. The maximum absolute atomic E-state index is 8.75. The molecular weight excluding hydrogens is 222 g/mol. The van der Waals surface area contributed by atoms with Crippen molar-refractivity contribution in [2.45, 2.75) is 26.3 Å². The van der Waals surface area contributed by atoms with Gasteiger partial charge in [0.1, 0.15) is 0 Å². The summed E-state index contributed by atoms with van der Waals surface area (Å²) >= 11 is 0. The Kier molecular flexibility index (Phi) is 3.88. The molecule has 0 aliphatic carbocycles. The molecule has 2 rings (SSSR count). The highest BCUT2D eigenvalue weighted by molar-refractivity contribution is 5.51. The van der Waals surface area contributed by atoms with E-state index in [1.54, 1.807) is 0 Å². The summed E-state index contributed by atoms with van der Waals surface area (Å²) in [6, 6.07) is 9.44. The molecule has 1 aromatic carbocycles. The number of hydrogen-bond donors (Lipinski definition) is 0. The van der Waals surface area contributed by atoms with Crippen LogP contribution < -0.4 is 4.90 Å². The smallest absolute Gasteiger partial charge is 0.0866 e. The molecule has 0 N–H and O–H groups in total. The molecule has 0 amide bonds. The van der Waals surface area contributed by atoms with Crippen molar-refractivity contribution in [3.8, 4) is 6.07 Å². The van der Waals surface area contributed by atoms with Gasteiger partial charge in [0.05, 0.1) is 12.6 Å². The molecule has 0 saturated carbocycles. The molecule has 0 spiro atoms. The maximum atomic E-state index is 8.75. The van der Waals surface area contributed by atoms with Crippen molar-refractivity contribution in [2.24, 2.45) is 0 Å². The van der Waals surface area contributed by atoms with Crippen molar-refractivity contribution >= 4 is 5.69 Å². The Balaban J connectivity index is 2.06. The molecule has 0 aromatic heterocycles. The van der Waals surface area contributed by atoms with Crippen LogP contribution in [0.3, 0.4) is 0 Å². The van der Waals surface area contributed by atoms with E-state index in [-0.39, 0.29) is 0 Å². The molecule has 1 fully saturated rings. The van der Waals surface area contributed by atoms with Crippen LogP contribution in [-0.2, 0) is 0 Å². The fourth-order valence-corrected chi connectivity index (χ4v) is 2.71. The molecule has 1 atom stereocenters. The van der Waals surface area contributed by atoms with Gasteiger partial charge in [0.15, 0.2) is 0 Å². The van der Waals surface area contributed by atoms with Crippen LogP contribution in [0, 0.1) is 25.2 Å². The Labute approximate surface area is 110 Å². The lowest BCUT2D eigenvalue weighted by atomic mass is 10.1. The Morgan fingerprint density at radius 1 is 1.33 bits per heavy atom. The number of hydrogen-bond acceptors (Lipinski definition) is 3. The number of nitriles is 1. The Bertz CT molecular complexity index is 441. The number of aryl methyl sites for hydroxylation is 2.